The topological polar surface area (TPSA) is 106 Å². The third kappa shape index (κ3) is 6.39. The van der Waals surface area contributed by atoms with Crippen molar-refractivity contribution in [2.45, 2.75) is 89.0 Å². The van der Waals surface area contributed by atoms with Gasteiger partial charge in [-0.15, -0.1) is 11.3 Å². The van der Waals surface area contributed by atoms with Crippen LogP contribution in [0.5, 0.6) is 5.88 Å². The van der Waals surface area contributed by atoms with Crippen molar-refractivity contribution in [1.82, 2.24) is 20.6 Å². The summed E-state index contributed by atoms with van der Waals surface area (Å²) in [6.45, 7) is 7.21. The third-order valence-electron chi connectivity index (χ3n) is 9.23. The van der Waals surface area contributed by atoms with Crippen molar-refractivity contribution in [3.63, 3.8) is 0 Å². The fourth-order valence-electron chi connectivity index (χ4n) is 6.42. The van der Waals surface area contributed by atoms with E-state index < -0.39 is 12.1 Å². The number of aromatic nitrogens is 2. The second kappa shape index (κ2) is 12.0. The van der Waals surface area contributed by atoms with Gasteiger partial charge in [-0.2, -0.15) is 0 Å². The van der Waals surface area contributed by atoms with Crippen molar-refractivity contribution in [2.75, 3.05) is 19.8 Å². The first-order valence-electron chi connectivity index (χ1n) is 15.2. The molecule has 0 unspecified atom stereocenters. The number of carbonyl (C=O) groups is 1. The molecule has 2 fully saturated rings. The molecule has 1 aliphatic heterocycles. The molecule has 6 rings (SSSR count). The Labute approximate surface area is 252 Å². The van der Waals surface area contributed by atoms with Crippen molar-refractivity contribution < 1.29 is 19.4 Å². The quantitative estimate of drug-likeness (QED) is 0.267. The van der Waals surface area contributed by atoms with Gasteiger partial charge in [-0.1, -0.05) is 32.0 Å². The highest BCUT2D eigenvalue weighted by atomic mass is 32.1. The second-order valence-electron chi connectivity index (χ2n) is 12.8. The monoisotopic (exact) mass is 590 g/mol. The molecule has 3 aromatic rings. The van der Waals surface area contributed by atoms with Crippen LogP contribution in [0.3, 0.4) is 0 Å². The van der Waals surface area contributed by atoms with Gasteiger partial charge in [0.15, 0.2) is 0 Å². The number of thiazole rings is 1. The van der Waals surface area contributed by atoms with Gasteiger partial charge in [0.25, 0.3) is 0 Å². The Kier molecular flexibility index (Phi) is 8.37. The zero-order valence-electron chi connectivity index (χ0n) is 24.8. The average molecular weight is 591 g/mol. The minimum Gasteiger partial charge on any atom is -0.471 e. The lowest BCUT2D eigenvalue weighted by molar-refractivity contribution is -0.127. The van der Waals surface area contributed by atoms with Crippen molar-refractivity contribution >= 4 is 17.2 Å². The van der Waals surface area contributed by atoms with Crippen LogP contribution in [0, 0.1) is 5.41 Å². The number of rotatable bonds is 12. The molecule has 1 amide bonds. The van der Waals surface area contributed by atoms with Gasteiger partial charge in [0.1, 0.15) is 17.2 Å². The maximum Gasteiger partial charge on any atom is 0.246 e. The molecule has 0 bridgehead atoms. The summed E-state index contributed by atoms with van der Waals surface area (Å²) in [4.78, 5) is 21.9. The molecule has 3 heterocycles. The van der Waals surface area contributed by atoms with Gasteiger partial charge < -0.3 is 25.2 Å². The molecule has 2 aromatic heterocycles. The summed E-state index contributed by atoms with van der Waals surface area (Å²) < 4.78 is 11.8. The summed E-state index contributed by atoms with van der Waals surface area (Å²) in [5.41, 5.74) is 4.53. The first-order valence-corrected chi connectivity index (χ1v) is 16.1. The number of hydrogen-bond donors (Lipinski definition) is 3. The number of amides is 1. The van der Waals surface area contributed by atoms with Crippen LogP contribution in [0.4, 0.5) is 0 Å². The van der Waals surface area contributed by atoms with Crippen LogP contribution in [0.2, 0.25) is 0 Å². The van der Waals surface area contributed by atoms with Crippen LogP contribution in [-0.2, 0) is 16.0 Å². The molecule has 4 atom stereocenters. The number of nitrogens with one attached hydrogen (secondary N) is 2. The number of hydrogen-bond acceptors (Lipinski definition) is 8. The zero-order chi connectivity index (χ0) is 29.3. The van der Waals surface area contributed by atoms with Gasteiger partial charge in [-0.3, -0.25) is 4.79 Å². The van der Waals surface area contributed by atoms with E-state index >= 15 is 0 Å². The summed E-state index contributed by atoms with van der Waals surface area (Å²) in [6.07, 6.45) is 8.68. The minimum absolute atomic E-state index is 0.0195. The lowest BCUT2D eigenvalue weighted by Gasteiger charge is -2.47. The van der Waals surface area contributed by atoms with Crippen LogP contribution in [-0.4, -0.2) is 58.5 Å². The highest BCUT2D eigenvalue weighted by Crippen LogP contribution is 2.59. The first-order chi connectivity index (χ1) is 20.2. The molecule has 3 aliphatic rings. The molecular weight excluding hydrogens is 548 g/mol. The van der Waals surface area contributed by atoms with E-state index in [1.807, 2.05) is 36.7 Å². The number of fused-ring (bicyclic) bond motifs is 1. The fourth-order valence-corrected chi connectivity index (χ4v) is 7.05. The molecule has 42 heavy (non-hydrogen) atoms. The highest BCUT2D eigenvalue weighted by Gasteiger charge is 2.49. The molecule has 0 radical (unpaired) electrons. The number of aliphatic hydroxyl groups is 1. The summed E-state index contributed by atoms with van der Waals surface area (Å²) in [5, 5.41) is 21.1. The lowest BCUT2D eigenvalue weighted by Crippen LogP contribution is -2.52. The first kappa shape index (κ1) is 29.2. The zero-order valence-corrected chi connectivity index (χ0v) is 25.6. The number of nitrogens with zero attached hydrogens (tertiary/aromatic N) is 2. The van der Waals surface area contributed by atoms with Crippen LogP contribution in [0.15, 0.2) is 48.1 Å². The van der Waals surface area contributed by atoms with E-state index in [-0.39, 0.29) is 24.2 Å². The molecule has 2 saturated carbocycles. The Bertz CT molecular complexity index is 1390. The van der Waals surface area contributed by atoms with Crippen molar-refractivity contribution in [2.24, 2.45) is 5.41 Å². The van der Waals surface area contributed by atoms with E-state index in [0.717, 1.165) is 53.3 Å². The van der Waals surface area contributed by atoms with Gasteiger partial charge in [0, 0.05) is 54.5 Å². The maximum atomic E-state index is 12.7. The summed E-state index contributed by atoms with van der Waals surface area (Å²) in [7, 11) is 0. The number of pyridine rings is 1. The average Bonchev–Trinajstić information content (AvgIpc) is 3.32. The van der Waals surface area contributed by atoms with E-state index in [1.165, 1.54) is 12.0 Å². The van der Waals surface area contributed by atoms with Gasteiger partial charge in [-0.25, -0.2) is 9.97 Å². The number of carbonyl (C=O) groups excluding carboxylic acids is 1. The molecular formula is C33H42N4O4S. The molecule has 2 aliphatic carbocycles. The van der Waals surface area contributed by atoms with Crippen LogP contribution in [0.1, 0.15) is 81.5 Å². The SMILES string of the molecule is CCOCC(=O)N[C@@H](Cc1cccc(-c2nccs2)c1)[C@@H](O)CN[C@H]1CC2(CCC2)Oc2ncc([C@@H]3CC3(C)C)cc21. The van der Waals surface area contributed by atoms with Gasteiger partial charge in [0.05, 0.1) is 12.1 Å². The predicted molar refractivity (Wildman–Crippen MR) is 164 cm³/mol. The van der Waals surface area contributed by atoms with Gasteiger partial charge >= 0.3 is 0 Å². The Morgan fingerprint density at radius 1 is 1.24 bits per heavy atom. The van der Waals surface area contributed by atoms with Gasteiger partial charge in [-0.05, 0) is 73.6 Å². The molecule has 224 valence electrons. The van der Waals surface area contributed by atoms with Crippen molar-refractivity contribution in [1.29, 1.82) is 0 Å². The third-order valence-corrected chi connectivity index (χ3v) is 10.1. The molecule has 3 N–H and O–H groups in total. The highest BCUT2D eigenvalue weighted by molar-refractivity contribution is 7.13. The van der Waals surface area contributed by atoms with Crippen LogP contribution < -0.4 is 15.4 Å². The predicted octanol–water partition coefficient (Wildman–Crippen LogP) is 5.18. The molecule has 1 spiro atoms. The Hall–Kier alpha value is -2.85. The van der Waals surface area contributed by atoms with Crippen molar-refractivity contribution in [3.05, 3.63) is 64.8 Å². The Morgan fingerprint density at radius 3 is 2.76 bits per heavy atom. The minimum atomic E-state index is -0.818. The van der Waals surface area contributed by atoms with E-state index in [0.29, 0.717) is 30.9 Å². The Morgan fingerprint density at radius 2 is 2.07 bits per heavy atom. The standard InChI is InChI=1S/C33H42N4O4S/c1-4-40-20-29(39)37-26(14-21-7-5-8-22(13-21)31-34-11-12-42-31)28(38)19-35-27-17-33(9-6-10-33)41-30-24(27)15-23(18-36-30)25-16-32(25,2)3/h5,7-8,11-13,15,18,25-28,35,38H,4,6,9-10,14,16-17,19-20H2,1-3H3,(H,37,39)/t25-,26-,27-,28-/m0/s1. The Balaban J connectivity index is 1.19. The van der Waals surface area contributed by atoms with Crippen LogP contribution in [0.25, 0.3) is 10.6 Å². The van der Waals surface area contributed by atoms with E-state index in [4.69, 9.17) is 14.5 Å². The lowest BCUT2D eigenvalue weighted by atomic mass is 9.73. The van der Waals surface area contributed by atoms with Crippen LogP contribution >= 0.6 is 11.3 Å². The smallest absolute Gasteiger partial charge is 0.246 e. The van der Waals surface area contributed by atoms with Crippen molar-refractivity contribution in [3.8, 4) is 16.5 Å². The molecule has 9 heteroatoms. The number of ether oxygens (including phenoxy) is 2. The van der Waals surface area contributed by atoms with E-state index in [1.54, 1.807) is 17.5 Å². The second-order valence-corrected chi connectivity index (χ2v) is 13.7. The normalized spacial score (nSPS) is 22.9. The number of aliphatic hydroxyl groups excluding tert-OH is 1. The molecule has 1 aromatic carbocycles. The summed E-state index contributed by atoms with van der Waals surface area (Å²) in [5.74, 6) is 1.00. The number of benzene rings is 1. The maximum absolute atomic E-state index is 12.7. The largest absolute Gasteiger partial charge is 0.471 e. The fraction of sp³-hybridized carbons (Fsp3) is 0.545. The molecule has 8 nitrogen and oxygen atoms in total. The van der Waals surface area contributed by atoms with Gasteiger partial charge in [0.2, 0.25) is 11.8 Å². The van der Waals surface area contributed by atoms with E-state index in [9.17, 15) is 9.90 Å². The molecule has 0 saturated heterocycles. The van der Waals surface area contributed by atoms with E-state index in [2.05, 4.69) is 41.6 Å². The summed E-state index contributed by atoms with van der Waals surface area (Å²) in [6, 6.07) is 9.94. The summed E-state index contributed by atoms with van der Waals surface area (Å²) >= 11 is 1.59.